The molecule has 0 unspecified atom stereocenters. The van der Waals surface area contributed by atoms with Gasteiger partial charge in [-0.2, -0.15) is 5.10 Å². The smallest absolute Gasteiger partial charge is 0.243 e. The molecule has 20 heavy (non-hydrogen) atoms. The molecule has 5 nitrogen and oxygen atoms in total. The highest BCUT2D eigenvalue weighted by atomic mass is 32.1. The van der Waals surface area contributed by atoms with Crippen molar-refractivity contribution in [3.8, 4) is 0 Å². The fourth-order valence-corrected chi connectivity index (χ4v) is 2.66. The molecule has 0 saturated heterocycles. The first-order valence-electron chi connectivity index (χ1n) is 7.24. The quantitative estimate of drug-likeness (QED) is 0.621. The van der Waals surface area contributed by atoms with E-state index in [1.807, 2.05) is 17.7 Å². The van der Waals surface area contributed by atoms with Crippen LogP contribution in [0.5, 0.6) is 0 Å². The van der Waals surface area contributed by atoms with Crippen molar-refractivity contribution < 1.29 is 4.79 Å². The van der Waals surface area contributed by atoms with Crippen molar-refractivity contribution in [2.75, 3.05) is 6.54 Å². The summed E-state index contributed by atoms with van der Waals surface area (Å²) in [6, 6.07) is 0. The third-order valence-corrected chi connectivity index (χ3v) is 4.38. The zero-order valence-corrected chi connectivity index (χ0v) is 12.5. The van der Waals surface area contributed by atoms with Crippen LogP contribution in [0.15, 0.2) is 11.6 Å². The molecule has 0 aromatic carbocycles. The Morgan fingerprint density at radius 2 is 2.10 bits per heavy atom. The average molecular weight is 292 g/mol. The standard InChI is InChI=1S/C14H20N4OS/c1-18-12(16-17-14(18)20)6-7-15-13(19)8-11(9-2-3-9)10-4-5-10/h8-10H,2-7H2,1H3,(H,15,19)(H,17,20). The second kappa shape index (κ2) is 5.52. The van der Waals surface area contributed by atoms with Gasteiger partial charge in [0.2, 0.25) is 5.91 Å². The van der Waals surface area contributed by atoms with Gasteiger partial charge >= 0.3 is 0 Å². The fraction of sp³-hybridized carbons (Fsp3) is 0.643. The second-order valence-corrected chi connectivity index (χ2v) is 6.12. The van der Waals surface area contributed by atoms with Gasteiger partial charge in [-0.05, 0) is 49.7 Å². The lowest BCUT2D eigenvalue weighted by molar-refractivity contribution is -0.116. The molecule has 2 N–H and O–H groups in total. The zero-order chi connectivity index (χ0) is 14.1. The van der Waals surface area contributed by atoms with Crippen molar-refractivity contribution in [1.82, 2.24) is 20.1 Å². The number of aromatic nitrogens is 3. The zero-order valence-electron chi connectivity index (χ0n) is 11.7. The Kier molecular flexibility index (Phi) is 3.74. The molecule has 3 rings (SSSR count). The van der Waals surface area contributed by atoms with Gasteiger partial charge < -0.3 is 9.88 Å². The molecule has 0 atom stereocenters. The summed E-state index contributed by atoms with van der Waals surface area (Å²) in [6.07, 6.45) is 7.59. The van der Waals surface area contributed by atoms with E-state index in [1.54, 1.807) is 0 Å². The first kappa shape index (κ1) is 13.5. The van der Waals surface area contributed by atoms with Crippen LogP contribution in [0.2, 0.25) is 0 Å². The predicted octanol–water partition coefficient (Wildman–Crippen LogP) is 1.88. The van der Waals surface area contributed by atoms with Crippen LogP contribution < -0.4 is 5.32 Å². The normalized spacial score (nSPS) is 17.9. The molecule has 108 valence electrons. The van der Waals surface area contributed by atoms with Gasteiger partial charge in [-0.25, -0.2) is 0 Å². The molecule has 2 aliphatic carbocycles. The molecule has 2 fully saturated rings. The van der Waals surface area contributed by atoms with E-state index in [0.717, 1.165) is 5.82 Å². The molecule has 1 amide bonds. The van der Waals surface area contributed by atoms with Gasteiger partial charge in [0.15, 0.2) is 4.77 Å². The number of H-pyrrole nitrogens is 1. The monoisotopic (exact) mass is 292 g/mol. The highest BCUT2D eigenvalue weighted by Gasteiger charge is 2.36. The van der Waals surface area contributed by atoms with Gasteiger partial charge in [0.05, 0.1) is 0 Å². The van der Waals surface area contributed by atoms with E-state index in [-0.39, 0.29) is 5.91 Å². The van der Waals surface area contributed by atoms with E-state index < -0.39 is 0 Å². The number of nitrogens with zero attached hydrogens (tertiary/aromatic N) is 2. The van der Waals surface area contributed by atoms with Gasteiger partial charge in [-0.3, -0.25) is 9.89 Å². The summed E-state index contributed by atoms with van der Waals surface area (Å²) < 4.78 is 2.44. The van der Waals surface area contributed by atoms with E-state index in [0.29, 0.717) is 29.6 Å². The van der Waals surface area contributed by atoms with Crippen molar-refractivity contribution in [3.63, 3.8) is 0 Å². The van der Waals surface area contributed by atoms with E-state index in [2.05, 4.69) is 15.5 Å². The summed E-state index contributed by atoms with van der Waals surface area (Å²) in [6.45, 7) is 0.589. The van der Waals surface area contributed by atoms with Crippen LogP contribution in [0.25, 0.3) is 0 Å². The lowest BCUT2D eigenvalue weighted by Crippen LogP contribution is -2.25. The Morgan fingerprint density at radius 3 is 2.60 bits per heavy atom. The van der Waals surface area contributed by atoms with E-state index in [1.165, 1.54) is 31.3 Å². The lowest BCUT2D eigenvalue weighted by atomic mass is 10.1. The number of nitrogens with one attached hydrogen (secondary N) is 2. The highest BCUT2D eigenvalue weighted by Crippen LogP contribution is 2.48. The van der Waals surface area contributed by atoms with Crippen LogP contribution >= 0.6 is 12.2 Å². The molecule has 0 radical (unpaired) electrons. The average Bonchev–Trinajstić information content (AvgIpc) is 3.32. The molecular weight excluding hydrogens is 272 g/mol. The minimum Gasteiger partial charge on any atom is -0.352 e. The Hall–Kier alpha value is -1.43. The predicted molar refractivity (Wildman–Crippen MR) is 78.6 cm³/mol. The summed E-state index contributed by atoms with van der Waals surface area (Å²) in [4.78, 5) is 12.0. The van der Waals surface area contributed by atoms with Crippen molar-refractivity contribution in [3.05, 3.63) is 22.2 Å². The summed E-state index contributed by atoms with van der Waals surface area (Å²) in [5, 5.41) is 9.82. The van der Waals surface area contributed by atoms with Gasteiger partial charge in [-0.15, -0.1) is 0 Å². The van der Waals surface area contributed by atoms with Crippen molar-refractivity contribution in [2.45, 2.75) is 32.1 Å². The molecule has 0 spiro atoms. The third kappa shape index (κ3) is 3.17. The number of carbonyl (C=O) groups is 1. The van der Waals surface area contributed by atoms with Crippen molar-refractivity contribution in [2.24, 2.45) is 18.9 Å². The van der Waals surface area contributed by atoms with E-state index >= 15 is 0 Å². The maximum atomic E-state index is 12.0. The van der Waals surface area contributed by atoms with E-state index in [4.69, 9.17) is 12.2 Å². The first-order valence-corrected chi connectivity index (χ1v) is 7.65. The Bertz CT molecular complexity index is 579. The van der Waals surface area contributed by atoms with Crippen molar-refractivity contribution >= 4 is 18.1 Å². The van der Waals surface area contributed by atoms with Crippen molar-refractivity contribution in [1.29, 1.82) is 0 Å². The third-order valence-electron chi connectivity index (χ3n) is 4.02. The maximum absolute atomic E-state index is 12.0. The molecule has 0 aliphatic heterocycles. The molecule has 1 aromatic rings. The number of hydrogen-bond donors (Lipinski definition) is 2. The van der Waals surface area contributed by atoms with Crippen LogP contribution in [0.1, 0.15) is 31.5 Å². The molecular formula is C14H20N4OS. The molecule has 0 bridgehead atoms. The Morgan fingerprint density at radius 1 is 1.45 bits per heavy atom. The minimum atomic E-state index is 0.0376. The number of rotatable bonds is 6. The Balaban J connectivity index is 1.50. The van der Waals surface area contributed by atoms with Gasteiger partial charge in [-0.1, -0.05) is 5.57 Å². The van der Waals surface area contributed by atoms with Gasteiger partial charge in [0.25, 0.3) is 0 Å². The minimum absolute atomic E-state index is 0.0376. The topological polar surface area (TPSA) is 62.7 Å². The number of amides is 1. The van der Waals surface area contributed by atoms with Crippen LogP contribution in [-0.2, 0) is 18.3 Å². The fourth-order valence-electron chi connectivity index (χ4n) is 2.51. The first-order chi connectivity index (χ1) is 9.65. The van der Waals surface area contributed by atoms with Gasteiger partial charge in [0.1, 0.15) is 5.82 Å². The summed E-state index contributed by atoms with van der Waals surface area (Å²) in [5.74, 6) is 2.29. The summed E-state index contributed by atoms with van der Waals surface area (Å²) >= 11 is 5.05. The molecule has 1 heterocycles. The summed E-state index contributed by atoms with van der Waals surface area (Å²) in [5.41, 5.74) is 1.39. The molecule has 6 heteroatoms. The van der Waals surface area contributed by atoms with Crippen LogP contribution in [-0.4, -0.2) is 27.2 Å². The van der Waals surface area contributed by atoms with Gasteiger partial charge in [0, 0.05) is 26.1 Å². The Labute approximate surface area is 123 Å². The number of hydrogen-bond acceptors (Lipinski definition) is 3. The van der Waals surface area contributed by atoms with E-state index in [9.17, 15) is 4.79 Å². The number of carbonyl (C=O) groups excluding carboxylic acids is 1. The largest absolute Gasteiger partial charge is 0.352 e. The highest BCUT2D eigenvalue weighted by molar-refractivity contribution is 7.71. The van der Waals surface area contributed by atoms with Crippen LogP contribution in [0, 0.1) is 16.6 Å². The SMILES string of the molecule is Cn1c(CCNC(=O)C=C(C2CC2)C2CC2)n[nH]c1=S. The second-order valence-electron chi connectivity index (χ2n) is 5.74. The maximum Gasteiger partial charge on any atom is 0.243 e. The van der Waals surface area contributed by atoms with Crippen LogP contribution in [0.3, 0.4) is 0 Å². The summed E-state index contributed by atoms with van der Waals surface area (Å²) in [7, 11) is 1.88. The molecule has 2 aliphatic rings. The number of aromatic amines is 1. The molecule has 1 aromatic heterocycles. The molecule has 2 saturated carbocycles. The lowest BCUT2D eigenvalue weighted by Gasteiger charge is -2.05. The van der Waals surface area contributed by atoms with Crippen LogP contribution in [0.4, 0.5) is 0 Å². The number of allylic oxidation sites excluding steroid dienone is 1.